The monoisotopic (exact) mass is 300 g/mol. The van der Waals surface area contributed by atoms with Crippen LogP contribution in [0.25, 0.3) is 0 Å². The van der Waals surface area contributed by atoms with E-state index in [1.54, 1.807) is 11.0 Å². The summed E-state index contributed by atoms with van der Waals surface area (Å²) < 4.78 is 13.2. The minimum Gasteiger partial charge on any atom is -0.334 e. The molecule has 2 aromatic rings. The number of nitrogens with one attached hydrogen (secondary N) is 1. The van der Waals surface area contributed by atoms with Gasteiger partial charge in [-0.3, -0.25) is 0 Å². The van der Waals surface area contributed by atoms with Gasteiger partial charge < -0.3 is 10.2 Å². The molecule has 0 radical (unpaired) electrons. The van der Waals surface area contributed by atoms with Crippen LogP contribution in [0.3, 0.4) is 0 Å². The number of carbonyl (C=O) groups is 1. The molecule has 116 valence electrons. The number of hydrogen-bond acceptors (Lipinski definition) is 1. The molecule has 0 unspecified atom stereocenters. The van der Waals surface area contributed by atoms with Crippen LogP contribution in [-0.4, -0.2) is 17.5 Å². The summed E-state index contributed by atoms with van der Waals surface area (Å²) in [5.41, 5.74) is 3.02. The zero-order valence-electron chi connectivity index (χ0n) is 13.0. The van der Waals surface area contributed by atoms with Gasteiger partial charge in [0, 0.05) is 19.6 Å². The Bertz CT molecular complexity index is 642. The summed E-state index contributed by atoms with van der Waals surface area (Å²) in [6.45, 7) is 5.38. The first-order valence-electron chi connectivity index (χ1n) is 7.41. The van der Waals surface area contributed by atoms with Crippen LogP contribution in [0.2, 0.25) is 0 Å². The molecule has 1 N–H and O–H groups in total. The van der Waals surface area contributed by atoms with E-state index in [-0.39, 0.29) is 11.8 Å². The molecule has 2 rings (SSSR count). The number of urea groups is 1. The SMILES string of the molecule is CCN(Cc1cccc(F)c1)C(=O)NCc1cccc(C)c1. The van der Waals surface area contributed by atoms with Gasteiger partial charge in [0.1, 0.15) is 5.82 Å². The second-order valence-corrected chi connectivity index (χ2v) is 5.29. The highest BCUT2D eigenvalue weighted by Gasteiger charge is 2.12. The van der Waals surface area contributed by atoms with E-state index >= 15 is 0 Å². The molecule has 22 heavy (non-hydrogen) atoms. The third-order valence-corrected chi connectivity index (χ3v) is 3.46. The summed E-state index contributed by atoms with van der Waals surface area (Å²) in [7, 11) is 0. The minimum atomic E-state index is -0.284. The Hall–Kier alpha value is -2.36. The first kappa shape index (κ1) is 16.0. The molecule has 2 aromatic carbocycles. The van der Waals surface area contributed by atoms with Gasteiger partial charge in [-0.25, -0.2) is 9.18 Å². The summed E-state index contributed by atoms with van der Waals surface area (Å²) in [6.07, 6.45) is 0. The Balaban J connectivity index is 1.94. The number of rotatable bonds is 5. The van der Waals surface area contributed by atoms with Crippen LogP contribution in [0.5, 0.6) is 0 Å². The molecule has 0 heterocycles. The molecule has 0 aliphatic heterocycles. The lowest BCUT2D eigenvalue weighted by Crippen LogP contribution is -2.39. The highest BCUT2D eigenvalue weighted by atomic mass is 19.1. The molecule has 0 fully saturated rings. The molecule has 0 aliphatic carbocycles. The lowest BCUT2D eigenvalue weighted by molar-refractivity contribution is 0.197. The highest BCUT2D eigenvalue weighted by Crippen LogP contribution is 2.08. The quantitative estimate of drug-likeness (QED) is 0.893. The molecule has 3 nitrogen and oxygen atoms in total. The third kappa shape index (κ3) is 4.58. The van der Waals surface area contributed by atoms with E-state index in [1.807, 2.05) is 44.2 Å². The molecule has 0 aliphatic rings. The van der Waals surface area contributed by atoms with Crippen LogP contribution in [0, 0.1) is 12.7 Å². The zero-order valence-corrected chi connectivity index (χ0v) is 13.0. The topological polar surface area (TPSA) is 32.3 Å². The summed E-state index contributed by atoms with van der Waals surface area (Å²) in [5, 5.41) is 2.91. The summed E-state index contributed by atoms with van der Waals surface area (Å²) >= 11 is 0. The van der Waals surface area contributed by atoms with Crippen LogP contribution in [0.4, 0.5) is 9.18 Å². The van der Waals surface area contributed by atoms with Crippen molar-refractivity contribution in [3.63, 3.8) is 0 Å². The molecular weight excluding hydrogens is 279 g/mol. The van der Waals surface area contributed by atoms with Gasteiger partial charge in [0.15, 0.2) is 0 Å². The van der Waals surface area contributed by atoms with Crippen molar-refractivity contribution in [1.82, 2.24) is 10.2 Å². The minimum absolute atomic E-state index is 0.145. The molecule has 0 spiro atoms. The summed E-state index contributed by atoms with van der Waals surface area (Å²) in [5.74, 6) is -0.284. The van der Waals surface area contributed by atoms with Crippen LogP contribution < -0.4 is 5.32 Å². The number of amides is 2. The molecule has 0 bridgehead atoms. The Kier molecular flexibility index (Phi) is 5.53. The van der Waals surface area contributed by atoms with Crippen LogP contribution >= 0.6 is 0 Å². The highest BCUT2D eigenvalue weighted by molar-refractivity contribution is 5.74. The van der Waals surface area contributed by atoms with Gasteiger partial charge in [-0.15, -0.1) is 0 Å². The fraction of sp³-hybridized carbons (Fsp3) is 0.278. The number of aryl methyl sites for hydroxylation is 1. The number of halogens is 1. The summed E-state index contributed by atoms with van der Waals surface area (Å²) in [6, 6.07) is 14.2. The molecular formula is C18H21FN2O. The first-order chi connectivity index (χ1) is 10.6. The smallest absolute Gasteiger partial charge is 0.317 e. The maximum Gasteiger partial charge on any atom is 0.317 e. The molecule has 2 amide bonds. The van der Waals surface area contributed by atoms with Gasteiger partial charge in [-0.05, 0) is 37.1 Å². The lowest BCUT2D eigenvalue weighted by atomic mass is 10.1. The van der Waals surface area contributed by atoms with Crippen molar-refractivity contribution in [3.05, 3.63) is 71.0 Å². The second-order valence-electron chi connectivity index (χ2n) is 5.29. The molecule has 0 saturated carbocycles. The van der Waals surface area contributed by atoms with E-state index < -0.39 is 0 Å². The average Bonchev–Trinajstić information content (AvgIpc) is 2.50. The Morgan fingerprint density at radius 1 is 1.14 bits per heavy atom. The van der Waals surface area contributed by atoms with E-state index in [0.29, 0.717) is 19.6 Å². The zero-order chi connectivity index (χ0) is 15.9. The van der Waals surface area contributed by atoms with Gasteiger partial charge >= 0.3 is 6.03 Å². The number of hydrogen-bond donors (Lipinski definition) is 1. The van der Waals surface area contributed by atoms with Crippen molar-refractivity contribution in [2.45, 2.75) is 26.9 Å². The van der Waals surface area contributed by atoms with E-state index in [1.165, 1.54) is 17.7 Å². The van der Waals surface area contributed by atoms with Crippen molar-refractivity contribution < 1.29 is 9.18 Å². The summed E-state index contributed by atoms with van der Waals surface area (Å²) in [4.78, 5) is 13.9. The van der Waals surface area contributed by atoms with Crippen molar-refractivity contribution >= 4 is 6.03 Å². The Labute approximate surface area is 130 Å². The van der Waals surface area contributed by atoms with Crippen LogP contribution in [0.15, 0.2) is 48.5 Å². The largest absolute Gasteiger partial charge is 0.334 e. The second kappa shape index (κ2) is 7.59. The lowest BCUT2D eigenvalue weighted by Gasteiger charge is -2.21. The van der Waals surface area contributed by atoms with Crippen molar-refractivity contribution in [3.8, 4) is 0 Å². The molecule has 0 atom stereocenters. The standard InChI is InChI=1S/C18H21FN2O/c1-3-21(13-16-8-5-9-17(19)11-16)18(22)20-12-15-7-4-6-14(2)10-15/h4-11H,3,12-13H2,1-2H3,(H,20,22). The number of nitrogens with zero attached hydrogens (tertiary/aromatic N) is 1. The van der Waals surface area contributed by atoms with Crippen molar-refractivity contribution in [2.75, 3.05) is 6.54 Å². The van der Waals surface area contributed by atoms with Gasteiger partial charge in [-0.2, -0.15) is 0 Å². The molecule has 0 saturated heterocycles. The fourth-order valence-corrected chi connectivity index (χ4v) is 2.29. The molecule has 0 aromatic heterocycles. The van der Waals surface area contributed by atoms with E-state index in [9.17, 15) is 9.18 Å². The maximum absolute atomic E-state index is 13.2. The fourth-order valence-electron chi connectivity index (χ4n) is 2.29. The van der Waals surface area contributed by atoms with Crippen molar-refractivity contribution in [1.29, 1.82) is 0 Å². The van der Waals surface area contributed by atoms with E-state index in [4.69, 9.17) is 0 Å². The van der Waals surface area contributed by atoms with Gasteiger partial charge in [-0.1, -0.05) is 42.0 Å². The third-order valence-electron chi connectivity index (χ3n) is 3.46. The number of benzene rings is 2. The number of carbonyl (C=O) groups excluding carboxylic acids is 1. The van der Waals surface area contributed by atoms with E-state index in [0.717, 1.165) is 11.1 Å². The van der Waals surface area contributed by atoms with Gasteiger partial charge in [0.25, 0.3) is 0 Å². The maximum atomic E-state index is 13.2. The first-order valence-corrected chi connectivity index (χ1v) is 7.41. The predicted molar refractivity (Wildman–Crippen MR) is 85.9 cm³/mol. The Morgan fingerprint density at radius 2 is 1.86 bits per heavy atom. The average molecular weight is 300 g/mol. The van der Waals surface area contributed by atoms with Crippen LogP contribution in [-0.2, 0) is 13.1 Å². The van der Waals surface area contributed by atoms with E-state index in [2.05, 4.69) is 5.32 Å². The van der Waals surface area contributed by atoms with Gasteiger partial charge in [0.2, 0.25) is 0 Å². The Morgan fingerprint density at radius 3 is 2.55 bits per heavy atom. The van der Waals surface area contributed by atoms with Crippen LogP contribution in [0.1, 0.15) is 23.6 Å². The molecule has 4 heteroatoms. The predicted octanol–water partition coefficient (Wildman–Crippen LogP) is 3.87. The van der Waals surface area contributed by atoms with Crippen molar-refractivity contribution in [2.24, 2.45) is 0 Å². The van der Waals surface area contributed by atoms with Gasteiger partial charge in [0.05, 0.1) is 0 Å². The normalized spacial score (nSPS) is 10.3.